The van der Waals surface area contributed by atoms with Crippen LogP contribution in [0.5, 0.6) is 0 Å². The van der Waals surface area contributed by atoms with Gasteiger partial charge in [-0.1, -0.05) is 6.07 Å². The molecule has 112 valence electrons. The number of piperidine rings is 1. The summed E-state index contributed by atoms with van der Waals surface area (Å²) >= 11 is 0. The summed E-state index contributed by atoms with van der Waals surface area (Å²) in [6, 6.07) is 3.14. The Morgan fingerprint density at radius 1 is 1.30 bits per heavy atom. The van der Waals surface area contributed by atoms with Crippen LogP contribution in [0.15, 0.2) is 18.2 Å². The van der Waals surface area contributed by atoms with Crippen molar-refractivity contribution in [2.45, 2.75) is 31.5 Å². The largest absolute Gasteiger partial charge is 0.416 e. The Morgan fingerprint density at radius 2 is 1.95 bits per heavy atom. The Hall–Kier alpha value is -1.27. The minimum Gasteiger partial charge on any atom is -0.398 e. The number of alkyl halides is 3. The molecule has 0 spiro atoms. The number of halogens is 3. The lowest BCUT2D eigenvalue weighted by atomic mass is 9.89. The van der Waals surface area contributed by atoms with Gasteiger partial charge in [0.05, 0.1) is 11.7 Å². The lowest BCUT2D eigenvalue weighted by molar-refractivity contribution is -0.137. The molecule has 3 nitrogen and oxygen atoms in total. The van der Waals surface area contributed by atoms with Crippen LogP contribution >= 0.6 is 0 Å². The number of benzene rings is 1. The minimum absolute atomic E-state index is 0.00117. The molecule has 0 aromatic heterocycles. The molecule has 4 N–H and O–H groups in total. The van der Waals surface area contributed by atoms with Crippen molar-refractivity contribution >= 4 is 5.69 Å². The van der Waals surface area contributed by atoms with Gasteiger partial charge >= 0.3 is 6.18 Å². The second-order valence-electron chi connectivity index (χ2n) is 5.29. The van der Waals surface area contributed by atoms with Crippen LogP contribution in [0.3, 0.4) is 0 Å². The highest BCUT2D eigenvalue weighted by Crippen LogP contribution is 2.35. The van der Waals surface area contributed by atoms with Gasteiger partial charge in [0.25, 0.3) is 0 Å². The molecule has 0 radical (unpaired) electrons. The molecule has 0 bridgehead atoms. The van der Waals surface area contributed by atoms with E-state index in [-0.39, 0.29) is 5.69 Å². The molecule has 1 saturated heterocycles. The summed E-state index contributed by atoms with van der Waals surface area (Å²) in [4.78, 5) is 0. The van der Waals surface area contributed by atoms with Crippen LogP contribution in [-0.2, 0) is 6.18 Å². The van der Waals surface area contributed by atoms with E-state index >= 15 is 0 Å². The van der Waals surface area contributed by atoms with E-state index < -0.39 is 17.8 Å². The third-order valence-corrected chi connectivity index (χ3v) is 3.79. The maximum Gasteiger partial charge on any atom is 0.416 e. The topological polar surface area (TPSA) is 58.3 Å². The van der Waals surface area contributed by atoms with Crippen LogP contribution in [0.2, 0.25) is 0 Å². The summed E-state index contributed by atoms with van der Waals surface area (Å²) in [5.74, 6) is 0.382. The predicted molar refractivity (Wildman–Crippen MR) is 71.0 cm³/mol. The van der Waals surface area contributed by atoms with Gasteiger partial charge in [0.2, 0.25) is 0 Å². The molecule has 1 fully saturated rings. The first kappa shape index (κ1) is 15.1. The van der Waals surface area contributed by atoms with Gasteiger partial charge in [0, 0.05) is 11.3 Å². The van der Waals surface area contributed by atoms with E-state index in [4.69, 9.17) is 5.73 Å². The number of rotatable bonds is 3. The average molecular weight is 288 g/mol. The fourth-order valence-electron chi connectivity index (χ4n) is 2.61. The minimum atomic E-state index is -4.41. The Labute approximate surface area is 116 Å². The van der Waals surface area contributed by atoms with Crippen molar-refractivity contribution in [3.05, 3.63) is 29.3 Å². The highest BCUT2D eigenvalue weighted by molar-refractivity contribution is 5.51. The van der Waals surface area contributed by atoms with E-state index in [0.29, 0.717) is 17.9 Å². The van der Waals surface area contributed by atoms with Gasteiger partial charge in [-0.05, 0) is 50.4 Å². The molecule has 1 aromatic rings. The maximum atomic E-state index is 12.5. The normalized spacial score (nSPS) is 19.0. The maximum absolute atomic E-state index is 12.5. The SMILES string of the molecule is Nc1cc(C(F)(F)F)ccc1C(O)CC1CCNCC1. The van der Waals surface area contributed by atoms with E-state index in [0.717, 1.165) is 38.1 Å². The number of hydrogen-bond acceptors (Lipinski definition) is 3. The molecule has 0 saturated carbocycles. The van der Waals surface area contributed by atoms with Crippen molar-refractivity contribution in [2.75, 3.05) is 18.8 Å². The fraction of sp³-hybridized carbons (Fsp3) is 0.571. The number of hydrogen-bond donors (Lipinski definition) is 3. The number of nitrogen functional groups attached to an aromatic ring is 1. The van der Waals surface area contributed by atoms with E-state index in [2.05, 4.69) is 5.32 Å². The van der Waals surface area contributed by atoms with Crippen molar-refractivity contribution in [1.29, 1.82) is 0 Å². The molecule has 1 aliphatic rings. The molecule has 2 rings (SSSR count). The number of nitrogens with two attached hydrogens (primary N) is 1. The Morgan fingerprint density at radius 3 is 2.50 bits per heavy atom. The van der Waals surface area contributed by atoms with Gasteiger partial charge in [0.1, 0.15) is 0 Å². The Kier molecular flexibility index (Phi) is 4.55. The summed E-state index contributed by atoms with van der Waals surface area (Å²) in [6.45, 7) is 1.83. The predicted octanol–water partition coefficient (Wildman–Crippen LogP) is 2.71. The first-order chi connectivity index (χ1) is 9.38. The van der Waals surface area contributed by atoms with Crippen molar-refractivity contribution in [1.82, 2.24) is 5.32 Å². The Bertz CT molecular complexity index is 456. The third kappa shape index (κ3) is 3.64. The van der Waals surface area contributed by atoms with Gasteiger partial charge in [-0.25, -0.2) is 0 Å². The van der Waals surface area contributed by atoms with Crippen LogP contribution in [-0.4, -0.2) is 18.2 Å². The van der Waals surface area contributed by atoms with Gasteiger partial charge in [-0.2, -0.15) is 13.2 Å². The molecule has 1 atom stereocenters. The van der Waals surface area contributed by atoms with Gasteiger partial charge in [-0.3, -0.25) is 0 Å². The number of nitrogens with one attached hydrogen (secondary N) is 1. The second-order valence-corrected chi connectivity index (χ2v) is 5.29. The molecule has 6 heteroatoms. The standard InChI is InChI=1S/C14H19F3N2O/c15-14(16,17)10-1-2-11(12(18)8-10)13(20)7-9-3-5-19-6-4-9/h1-2,8-9,13,19-20H,3-7,18H2. The molecular weight excluding hydrogens is 269 g/mol. The summed E-state index contributed by atoms with van der Waals surface area (Å²) in [6.07, 6.45) is -2.74. The molecule has 20 heavy (non-hydrogen) atoms. The lowest BCUT2D eigenvalue weighted by Crippen LogP contribution is -2.28. The highest BCUT2D eigenvalue weighted by Gasteiger charge is 2.31. The van der Waals surface area contributed by atoms with Crippen molar-refractivity contribution in [2.24, 2.45) is 5.92 Å². The molecule has 1 heterocycles. The van der Waals surface area contributed by atoms with E-state index in [1.807, 2.05) is 0 Å². The zero-order valence-corrected chi connectivity index (χ0v) is 11.1. The third-order valence-electron chi connectivity index (χ3n) is 3.79. The zero-order chi connectivity index (χ0) is 14.8. The first-order valence-electron chi connectivity index (χ1n) is 6.73. The van der Waals surface area contributed by atoms with Crippen LogP contribution < -0.4 is 11.1 Å². The number of aliphatic hydroxyl groups excluding tert-OH is 1. The second kappa shape index (κ2) is 6.01. The fourth-order valence-corrected chi connectivity index (χ4v) is 2.61. The monoisotopic (exact) mass is 288 g/mol. The molecule has 1 aromatic carbocycles. The van der Waals surface area contributed by atoms with Crippen molar-refractivity contribution in [3.63, 3.8) is 0 Å². The molecule has 0 aliphatic carbocycles. The quantitative estimate of drug-likeness (QED) is 0.750. The smallest absolute Gasteiger partial charge is 0.398 e. The van der Waals surface area contributed by atoms with Crippen molar-refractivity contribution in [3.8, 4) is 0 Å². The Balaban J connectivity index is 2.07. The summed E-state index contributed by atoms with van der Waals surface area (Å²) in [5, 5.41) is 13.4. The van der Waals surface area contributed by atoms with E-state index in [1.165, 1.54) is 6.07 Å². The average Bonchev–Trinajstić information content (AvgIpc) is 2.38. The highest BCUT2D eigenvalue weighted by atomic mass is 19.4. The van der Waals surface area contributed by atoms with Crippen LogP contribution in [0, 0.1) is 5.92 Å². The van der Waals surface area contributed by atoms with Crippen LogP contribution in [0.4, 0.5) is 18.9 Å². The zero-order valence-electron chi connectivity index (χ0n) is 11.1. The van der Waals surface area contributed by atoms with E-state index in [9.17, 15) is 18.3 Å². The van der Waals surface area contributed by atoms with Gasteiger partial charge in [-0.15, -0.1) is 0 Å². The van der Waals surface area contributed by atoms with Crippen LogP contribution in [0.1, 0.15) is 36.5 Å². The molecule has 1 aliphatic heterocycles. The molecule has 1 unspecified atom stereocenters. The lowest BCUT2D eigenvalue weighted by Gasteiger charge is -2.25. The summed E-state index contributed by atoms with van der Waals surface area (Å²) in [5.41, 5.74) is 5.25. The number of anilines is 1. The first-order valence-corrected chi connectivity index (χ1v) is 6.73. The number of aliphatic hydroxyl groups is 1. The van der Waals surface area contributed by atoms with E-state index in [1.54, 1.807) is 0 Å². The van der Waals surface area contributed by atoms with Gasteiger partial charge in [0.15, 0.2) is 0 Å². The molecule has 0 amide bonds. The molecular formula is C14H19F3N2O. The summed E-state index contributed by atoms with van der Waals surface area (Å²) < 4.78 is 37.6. The summed E-state index contributed by atoms with van der Waals surface area (Å²) in [7, 11) is 0. The van der Waals surface area contributed by atoms with Crippen LogP contribution in [0.25, 0.3) is 0 Å². The van der Waals surface area contributed by atoms with Gasteiger partial charge < -0.3 is 16.2 Å². The van der Waals surface area contributed by atoms with Crippen molar-refractivity contribution < 1.29 is 18.3 Å².